The highest BCUT2D eigenvalue weighted by molar-refractivity contribution is 5.96. The van der Waals surface area contributed by atoms with Crippen LogP contribution in [0.3, 0.4) is 0 Å². The van der Waals surface area contributed by atoms with Gasteiger partial charge in [0, 0.05) is 36.6 Å². The monoisotopic (exact) mass is 438 g/mol. The third-order valence-corrected chi connectivity index (χ3v) is 6.13. The third-order valence-electron chi connectivity index (χ3n) is 6.13. The van der Waals surface area contributed by atoms with E-state index in [1.807, 2.05) is 36.2 Å². The first-order valence-corrected chi connectivity index (χ1v) is 11.3. The number of pyridine rings is 3. The van der Waals surface area contributed by atoms with E-state index in [1.165, 1.54) is 5.56 Å². The molecule has 0 aliphatic carbocycles. The van der Waals surface area contributed by atoms with Crippen molar-refractivity contribution in [3.05, 3.63) is 90.0 Å². The Morgan fingerprint density at radius 2 is 1.88 bits per heavy atom. The van der Waals surface area contributed by atoms with Gasteiger partial charge in [-0.3, -0.25) is 14.8 Å². The summed E-state index contributed by atoms with van der Waals surface area (Å²) in [6, 6.07) is 17.7. The molecule has 166 valence electrons. The van der Waals surface area contributed by atoms with Crippen LogP contribution < -0.4 is 4.74 Å². The fourth-order valence-corrected chi connectivity index (χ4v) is 4.49. The third kappa shape index (κ3) is 4.70. The Bertz CT molecular complexity index is 1270. The number of hydrogen-bond donors (Lipinski definition) is 0. The average Bonchev–Trinajstić information content (AvgIpc) is 2.86. The summed E-state index contributed by atoms with van der Waals surface area (Å²) in [6.45, 7) is 3.37. The van der Waals surface area contributed by atoms with Crippen molar-refractivity contribution in [3.8, 4) is 11.6 Å². The van der Waals surface area contributed by atoms with E-state index in [-0.39, 0.29) is 5.91 Å². The Morgan fingerprint density at radius 1 is 1.03 bits per heavy atom. The summed E-state index contributed by atoms with van der Waals surface area (Å²) >= 11 is 0. The summed E-state index contributed by atoms with van der Waals surface area (Å²) in [5, 5.41) is 1.15. The van der Waals surface area contributed by atoms with E-state index < -0.39 is 0 Å². The van der Waals surface area contributed by atoms with Gasteiger partial charge in [-0.05, 0) is 68.0 Å². The first-order valence-electron chi connectivity index (χ1n) is 11.3. The number of carbonyl (C=O) groups excluding carboxylic acids is 1. The Labute approximate surface area is 193 Å². The molecule has 1 aliphatic heterocycles. The zero-order valence-electron chi connectivity index (χ0n) is 18.6. The minimum atomic E-state index is -0.0427. The quantitative estimate of drug-likeness (QED) is 0.427. The van der Waals surface area contributed by atoms with Crippen molar-refractivity contribution < 1.29 is 9.53 Å². The summed E-state index contributed by atoms with van der Waals surface area (Å²) in [5.74, 6) is 1.22. The highest BCUT2D eigenvalue weighted by Gasteiger charge is 2.27. The van der Waals surface area contributed by atoms with Crippen molar-refractivity contribution in [2.45, 2.75) is 26.2 Å². The van der Waals surface area contributed by atoms with E-state index in [0.29, 0.717) is 29.7 Å². The van der Waals surface area contributed by atoms with Crippen LogP contribution in [0.4, 0.5) is 0 Å². The number of fused-ring (bicyclic) bond motifs is 1. The maximum atomic E-state index is 13.5. The molecule has 3 aromatic heterocycles. The second-order valence-corrected chi connectivity index (χ2v) is 8.55. The normalized spacial score (nSPS) is 16.0. The highest BCUT2D eigenvalue weighted by Crippen LogP contribution is 2.28. The number of carbonyl (C=O) groups is 1. The molecule has 1 aromatic carbocycles. The van der Waals surface area contributed by atoms with E-state index in [1.54, 1.807) is 24.5 Å². The molecular formula is C27H26N4O2. The van der Waals surface area contributed by atoms with Crippen molar-refractivity contribution in [2.75, 3.05) is 13.1 Å². The van der Waals surface area contributed by atoms with Gasteiger partial charge in [0.05, 0.1) is 11.7 Å². The summed E-state index contributed by atoms with van der Waals surface area (Å²) in [7, 11) is 0. The zero-order valence-corrected chi connectivity index (χ0v) is 18.6. The molecule has 0 unspecified atom stereocenters. The molecule has 1 aliphatic rings. The van der Waals surface area contributed by atoms with Crippen molar-refractivity contribution in [2.24, 2.45) is 5.92 Å². The smallest absolute Gasteiger partial charge is 0.259 e. The molecule has 4 heterocycles. The first-order chi connectivity index (χ1) is 16.2. The van der Waals surface area contributed by atoms with Crippen LogP contribution in [0.2, 0.25) is 0 Å². The molecule has 0 radical (unpaired) electrons. The van der Waals surface area contributed by atoms with Gasteiger partial charge in [-0.2, -0.15) is 0 Å². The summed E-state index contributed by atoms with van der Waals surface area (Å²) in [5.41, 5.74) is 3.67. The number of nitrogens with zero attached hydrogens (tertiary/aromatic N) is 4. The van der Waals surface area contributed by atoms with Gasteiger partial charge in [0.2, 0.25) is 5.88 Å². The lowest BCUT2D eigenvalue weighted by Gasteiger charge is -2.33. The fraction of sp³-hybridized carbons (Fsp3) is 0.259. The summed E-state index contributed by atoms with van der Waals surface area (Å²) in [6.07, 6.45) is 8.11. The van der Waals surface area contributed by atoms with Crippen LogP contribution in [0.15, 0.2) is 73.2 Å². The minimum Gasteiger partial charge on any atom is -0.437 e. The Balaban J connectivity index is 1.33. The molecular weight excluding hydrogens is 412 g/mol. The van der Waals surface area contributed by atoms with Crippen LogP contribution in [0.25, 0.3) is 10.9 Å². The predicted molar refractivity (Wildman–Crippen MR) is 127 cm³/mol. The van der Waals surface area contributed by atoms with Gasteiger partial charge in [0.25, 0.3) is 5.91 Å². The van der Waals surface area contributed by atoms with E-state index in [4.69, 9.17) is 4.74 Å². The number of likely N-dealkylation sites (tertiary alicyclic amines) is 1. The number of piperidine rings is 1. The Morgan fingerprint density at radius 3 is 2.76 bits per heavy atom. The maximum absolute atomic E-state index is 13.5. The van der Waals surface area contributed by atoms with E-state index in [0.717, 1.165) is 42.4 Å². The molecule has 1 saturated heterocycles. The molecule has 5 rings (SSSR count). The standard InChI is InChI=1S/C27H26N4O2/c1-19-11-12-23(17-30-19)33-26-24(10-4-14-29-26)27(32)31-15-5-6-20(18-31)16-22-8-2-7-21-9-3-13-28-25(21)22/h2-4,7-14,17,20H,5-6,15-16,18H2,1H3/t20-/m1/s1. The van der Waals surface area contributed by atoms with E-state index >= 15 is 0 Å². The number of ether oxygens (including phenoxy) is 1. The van der Waals surface area contributed by atoms with Gasteiger partial charge in [0.15, 0.2) is 0 Å². The predicted octanol–water partition coefficient (Wildman–Crippen LogP) is 5.22. The van der Waals surface area contributed by atoms with Crippen LogP contribution >= 0.6 is 0 Å². The lowest BCUT2D eigenvalue weighted by Crippen LogP contribution is -2.40. The van der Waals surface area contributed by atoms with Gasteiger partial charge >= 0.3 is 0 Å². The molecule has 0 bridgehead atoms. The van der Waals surface area contributed by atoms with Crippen molar-refractivity contribution >= 4 is 16.8 Å². The number of amides is 1. The van der Waals surface area contributed by atoms with Crippen LogP contribution in [0.1, 0.15) is 34.5 Å². The topological polar surface area (TPSA) is 68.2 Å². The van der Waals surface area contributed by atoms with Crippen molar-refractivity contribution in [3.63, 3.8) is 0 Å². The number of hydrogen-bond acceptors (Lipinski definition) is 5. The molecule has 6 heteroatoms. The first kappa shape index (κ1) is 21.1. The van der Waals surface area contributed by atoms with Crippen molar-refractivity contribution in [1.29, 1.82) is 0 Å². The second kappa shape index (κ2) is 9.36. The second-order valence-electron chi connectivity index (χ2n) is 8.55. The lowest BCUT2D eigenvalue weighted by atomic mass is 9.90. The molecule has 33 heavy (non-hydrogen) atoms. The molecule has 0 saturated carbocycles. The van der Waals surface area contributed by atoms with Crippen LogP contribution in [-0.2, 0) is 6.42 Å². The zero-order chi connectivity index (χ0) is 22.6. The Kier molecular flexibility index (Phi) is 5.98. The lowest BCUT2D eigenvalue weighted by molar-refractivity contribution is 0.0670. The van der Waals surface area contributed by atoms with Gasteiger partial charge in [0.1, 0.15) is 11.3 Å². The molecule has 1 fully saturated rings. The van der Waals surface area contributed by atoms with Crippen LogP contribution in [0, 0.1) is 12.8 Å². The maximum Gasteiger partial charge on any atom is 0.259 e. The summed E-state index contributed by atoms with van der Waals surface area (Å²) in [4.78, 5) is 28.6. The number of para-hydroxylation sites is 1. The van der Waals surface area contributed by atoms with Gasteiger partial charge in [-0.1, -0.05) is 24.3 Å². The van der Waals surface area contributed by atoms with Gasteiger partial charge < -0.3 is 9.64 Å². The Hall–Kier alpha value is -3.80. The highest BCUT2D eigenvalue weighted by atomic mass is 16.5. The summed E-state index contributed by atoms with van der Waals surface area (Å²) < 4.78 is 5.92. The molecule has 6 nitrogen and oxygen atoms in total. The molecule has 1 atom stereocenters. The number of aromatic nitrogens is 3. The molecule has 4 aromatic rings. The minimum absolute atomic E-state index is 0.0427. The number of rotatable bonds is 5. The van der Waals surface area contributed by atoms with E-state index in [9.17, 15) is 4.79 Å². The molecule has 0 spiro atoms. The SMILES string of the molecule is Cc1ccc(Oc2ncccc2C(=O)N2CCC[C@H](Cc3cccc4cccnc34)C2)cn1. The van der Waals surface area contributed by atoms with Crippen LogP contribution in [-0.4, -0.2) is 38.8 Å². The van der Waals surface area contributed by atoms with E-state index in [2.05, 4.69) is 39.2 Å². The largest absolute Gasteiger partial charge is 0.437 e. The number of aryl methyl sites for hydroxylation is 1. The van der Waals surface area contributed by atoms with Crippen molar-refractivity contribution in [1.82, 2.24) is 19.9 Å². The molecule has 1 amide bonds. The fourth-order valence-electron chi connectivity index (χ4n) is 4.49. The average molecular weight is 439 g/mol. The number of benzene rings is 1. The molecule has 0 N–H and O–H groups in total. The van der Waals surface area contributed by atoms with Crippen LogP contribution in [0.5, 0.6) is 11.6 Å². The van der Waals surface area contributed by atoms with Gasteiger partial charge in [-0.15, -0.1) is 0 Å². The van der Waals surface area contributed by atoms with Gasteiger partial charge in [-0.25, -0.2) is 4.98 Å².